The predicted octanol–water partition coefficient (Wildman–Crippen LogP) is 1.98. The molecular formula is C17H23NO5S2. The van der Waals surface area contributed by atoms with E-state index in [1.165, 1.54) is 17.4 Å². The minimum atomic E-state index is -3.09. The van der Waals surface area contributed by atoms with Crippen LogP contribution in [-0.2, 0) is 24.2 Å². The third-order valence-corrected chi connectivity index (χ3v) is 6.28. The zero-order valence-electron chi connectivity index (χ0n) is 14.4. The Kier molecular flexibility index (Phi) is 6.78. The maximum Gasteiger partial charge on any atom is 0.331 e. The van der Waals surface area contributed by atoms with Crippen LogP contribution in [0.5, 0.6) is 0 Å². The monoisotopic (exact) mass is 385 g/mol. The lowest BCUT2D eigenvalue weighted by Gasteiger charge is -2.29. The molecule has 0 aliphatic carbocycles. The molecule has 138 valence electrons. The van der Waals surface area contributed by atoms with E-state index >= 15 is 0 Å². The van der Waals surface area contributed by atoms with Gasteiger partial charge in [-0.15, -0.1) is 0 Å². The average Bonchev–Trinajstić information content (AvgIpc) is 3.17. The van der Waals surface area contributed by atoms with Crippen molar-refractivity contribution in [3.8, 4) is 0 Å². The number of carbonyl (C=O) groups is 2. The summed E-state index contributed by atoms with van der Waals surface area (Å²) in [5.41, 5.74) is 0.894. The Bertz CT molecular complexity index is 722. The van der Waals surface area contributed by atoms with Crippen LogP contribution < -0.4 is 0 Å². The molecule has 1 unspecified atom stereocenters. The Hall–Kier alpha value is -1.67. The van der Waals surface area contributed by atoms with Gasteiger partial charge >= 0.3 is 5.97 Å². The second-order valence-electron chi connectivity index (χ2n) is 6.49. The molecule has 0 aromatic carbocycles. The van der Waals surface area contributed by atoms with Crippen molar-refractivity contribution in [3.05, 3.63) is 28.5 Å². The standard InChI is InChI=1S/C17H23NO5S2/c1-13(2)9-18(15-6-8-25(21,22)12-15)16(19)10-23-17(20)4-3-14-5-7-24-11-14/h3-5,7,11,13,15H,6,8-10,12H2,1-2H3/b4-3+. The highest BCUT2D eigenvalue weighted by Gasteiger charge is 2.35. The highest BCUT2D eigenvalue weighted by atomic mass is 32.2. The zero-order valence-corrected chi connectivity index (χ0v) is 16.0. The van der Waals surface area contributed by atoms with Crippen molar-refractivity contribution < 1.29 is 22.7 Å². The Labute approximate surface area is 152 Å². The first-order valence-electron chi connectivity index (χ1n) is 8.14. The molecule has 6 nitrogen and oxygen atoms in total. The summed E-state index contributed by atoms with van der Waals surface area (Å²) >= 11 is 1.52. The number of thiophene rings is 1. The molecule has 0 spiro atoms. The van der Waals surface area contributed by atoms with Crippen molar-refractivity contribution in [1.82, 2.24) is 4.90 Å². The van der Waals surface area contributed by atoms with Gasteiger partial charge < -0.3 is 9.64 Å². The molecule has 1 amide bonds. The fourth-order valence-electron chi connectivity index (χ4n) is 2.67. The molecule has 2 heterocycles. The van der Waals surface area contributed by atoms with Gasteiger partial charge in [0.1, 0.15) is 0 Å². The molecule has 0 bridgehead atoms. The van der Waals surface area contributed by atoms with E-state index < -0.39 is 15.8 Å². The Balaban J connectivity index is 1.91. The summed E-state index contributed by atoms with van der Waals surface area (Å²) in [4.78, 5) is 25.7. The number of nitrogens with zero attached hydrogens (tertiary/aromatic N) is 1. The van der Waals surface area contributed by atoms with Gasteiger partial charge in [0.25, 0.3) is 5.91 Å². The number of rotatable bonds is 7. The van der Waals surface area contributed by atoms with E-state index in [0.29, 0.717) is 13.0 Å². The van der Waals surface area contributed by atoms with Crippen LogP contribution in [0.15, 0.2) is 22.9 Å². The van der Waals surface area contributed by atoms with Crippen LogP contribution in [0.2, 0.25) is 0 Å². The van der Waals surface area contributed by atoms with Crippen LogP contribution in [-0.4, -0.2) is 55.9 Å². The molecule has 8 heteroatoms. The summed E-state index contributed by atoms with van der Waals surface area (Å²) < 4.78 is 28.4. The summed E-state index contributed by atoms with van der Waals surface area (Å²) in [6.45, 7) is 3.98. The third kappa shape index (κ3) is 6.28. The van der Waals surface area contributed by atoms with Gasteiger partial charge in [0.2, 0.25) is 0 Å². The molecule has 0 radical (unpaired) electrons. The van der Waals surface area contributed by atoms with Gasteiger partial charge in [-0.2, -0.15) is 11.3 Å². The van der Waals surface area contributed by atoms with Crippen molar-refractivity contribution in [2.75, 3.05) is 24.7 Å². The second kappa shape index (κ2) is 8.62. The lowest BCUT2D eigenvalue weighted by Crippen LogP contribution is -2.45. The second-order valence-corrected chi connectivity index (χ2v) is 9.50. The lowest BCUT2D eigenvalue weighted by atomic mass is 10.1. The number of amides is 1. The molecule has 1 aromatic rings. The molecule has 0 N–H and O–H groups in total. The van der Waals surface area contributed by atoms with Crippen LogP contribution >= 0.6 is 11.3 Å². The summed E-state index contributed by atoms with van der Waals surface area (Å²) in [5.74, 6) is -0.669. The molecule has 1 fully saturated rings. The minimum absolute atomic E-state index is 0.0164. The van der Waals surface area contributed by atoms with E-state index in [9.17, 15) is 18.0 Å². The van der Waals surface area contributed by atoms with Crippen LogP contribution in [0.3, 0.4) is 0 Å². The van der Waals surface area contributed by atoms with Crippen molar-refractivity contribution in [3.63, 3.8) is 0 Å². The molecule has 1 atom stereocenters. The van der Waals surface area contributed by atoms with Gasteiger partial charge in [0.05, 0.1) is 11.5 Å². The average molecular weight is 386 g/mol. The van der Waals surface area contributed by atoms with E-state index in [2.05, 4.69) is 0 Å². The van der Waals surface area contributed by atoms with Gasteiger partial charge in [-0.05, 0) is 40.8 Å². The third-order valence-electron chi connectivity index (χ3n) is 3.82. The largest absolute Gasteiger partial charge is 0.452 e. The topological polar surface area (TPSA) is 80.8 Å². The first-order chi connectivity index (χ1) is 11.8. The Morgan fingerprint density at radius 2 is 2.20 bits per heavy atom. The van der Waals surface area contributed by atoms with E-state index in [4.69, 9.17) is 4.74 Å². The fraction of sp³-hybridized carbons (Fsp3) is 0.529. The van der Waals surface area contributed by atoms with Gasteiger partial charge in [0, 0.05) is 18.7 Å². The summed E-state index contributed by atoms with van der Waals surface area (Å²) in [7, 11) is -3.09. The molecule has 1 aliphatic rings. The van der Waals surface area contributed by atoms with Crippen LogP contribution in [0.1, 0.15) is 25.8 Å². The number of carbonyl (C=O) groups excluding carboxylic acids is 2. The number of esters is 1. The predicted molar refractivity (Wildman–Crippen MR) is 97.9 cm³/mol. The molecule has 1 aliphatic heterocycles. The van der Waals surface area contributed by atoms with E-state index in [1.54, 1.807) is 11.0 Å². The first kappa shape index (κ1) is 19.7. The highest BCUT2D eigenvalue weighted by molar-refractivity contribution is 7.91. The highest BCUT2D eigenvalue weighted by Crippen LogP contribution is 2.19. The van der Waals surface area contributed by atoms with Crippen molar-refractivity contribution >= 4 is 39.1 Å². The van der Waals surface area contributed by atoms with E-state index in [0.717, 1.165) is 5.56 Å². The molecule has 1 saturated heterocycles. The summed E-state index contributed by atoms with van der Waals surface area (Å²) in [6.07, 6.45) is 3.34. The van der Waals surface area contributed by atoms with Crippen molar-refractivity contribution in [2.24, 2.45) is 5.92 Å². The van der Waals surface area contributed by atoms with Gasteiger partial charge in [-0.25, -0.2) is 13.2 Å². The quantitative estimate of drug-likeness (QED) is 0.530. The molecule has 25 heavy (non-hydrogen) atoms. The van der Waals surface area contributed by atoms with Crippen LogP contribution in [0.4, 0.5) is 0 Å². The Morgan fingerprint density at radius 3 is 2.76 bits per heavy atom. The van der Waals surface area contributed by atoms with Crippen LogP contribution in [0, 0.1) is 5.92 Å². The zero-order chi connectivity index (χ0) is 18.4. The fourth-order valence-corrected chi connectivity index (χ4v) is 5.03. The molecule has 2 rings (SSSR count). The Morgan fingerprint density at radius 1 is 1.44 bits per heavy atom. The SMILES string of the molecule is CC(C)CN(C(=O)COC(=O)/C=C/c1ccsc1)C1CCS(=O)(=O)C1. The lowest BCUT2D eigenvalue weighted by molar-refractivity contribution is -0.149. The van der Waals surface area contributed by atoms with E-state index in [-0.39, 0.29) is 36.0 Å². The number of ether oxygens (including phenoxy) is 1. The number of hydrogen-bond donors (Lipinski definition) is 0. The number of hydrogen-bond acceptors (Lipinski definition) is 6. The minimum Gasteiger partial charge on any atom is -0.452 e. The smallest absolute Gasteiger partial charge is 0.331 e. The summed E-state index contributed by atoms with van der Waals surface area (Å²) in [6, 6.07) is 1.53. The van der Waals surface area contributed by atoms with Crippen molar-refractivity contribution in [1.29, 1.82) is 0 Å². The molecule has 1 aromatic heterocycles. The van der Waals surface area contributed by atoms with Gasteiger partial charge in [0.15, 0.2) is 16.4 Å². The van der Waals surface area contributed by atoms with Gasteiger partial charge in [-0.3, -0.25) is 4.79 Å². The maximum absolute atomic E-state index is 12.4. The first-order valence-corrected chi connectivity index (χ1v) is 10.9. The normalized spacial score (nSPS) is 19.4. The van der Waals surface area contributed by atoms with Crippen LogP contribution in [0.25, 0.3) is 6.08 Å². The maximum atomic E-state index is 12.4. The van der Waals surface area contributed by atoms with E-state index in [1.807, 2.05) is 30.7 Å². The molecule has 0 saturated carbocycles. The van der Waals surface area contributed by atoms with Crippen molar-refractivity contribution in [2.45, 2.75) is 26.3 Å². The molecular weight excluding hydrogens is 362 g/mol. The number of sulfone groups is 1. The van der Waals surface area contributed by atoms with Gasteiger partial charge in [-0.1, -0.05) is 13.8 Å². The summed E-state index contributed by atoms with van der Waals surface area (Å²) in [5, 5.41) is 3.79.